The van der Waals surface area contributed by atoms with E-state index in [1.54, 1.807) is 12.1 Å². The van der Waals surface area contributed by atoms with Crippen LogP contribution in [0, 0.1) is 5.82 Å². The van der Waals surface area contributed by atoms with Gasteiger partial charge in [-0.25, -0.2) is 4.39 Å². The maximum absolute atomic E-state index is 13.2. The zero-order valence-corrected chi connectivity index (χ0v) is 11.9. The largest absolute Gasteiger partial charge is 0.335 e. The molecule has 0 aliphatic carbocycles. The van der Waals surface area contributed by atoms with Crippen LogP contribution in [0.1, 0.15) is 31.1 Å². The van der Waals surface area contributed by atoms with E-state index in [2.05, 4.69) is 15.5 Å². The average Bonchev–Trinajstić information content (AvgIpc) is 2.85. The van der Waals surface area contributed by atoms with Crippen LogP contribution >= 0.6 is 0 Å². The van der Waals surface area contributed by atoms with E-state index in [4.69, 9.17) is 4.52 Å². The lowest BCUT2D eigenvalue weighted by molar-refractivity contribution is 0.400. The van der Waals surface area contributed by atoms with Crippen LogP contribution in [0.25, 0.3) is 11.6 Å². The summed E-state index contributed by atoms with van der Waals surface area (Å²) in [6.07, 6.45) is 2.46. The molecule has 1 unspecified atom stereocenters. The van der Waals surface area contributed by atoms with Gasteiger partial charge < -0.3 is 9.84 Å². The van der Waals surface area contributed by atoms with Crippen LogP contribution < -0.4 is 5.32 Å². The minimum absolute atomic E-state index is 0.260. The number of rotatable bonds is 5. The van der Waals surface area contributed by atoms with Crippen molar-refractivity contribution in [2.24, 2.45) is 0 Å². The molecular formula is C15H18FN3O. The van der Waals surface area contributed by atoms with Gasteiger partial charge in [0.05, 0.1) is 0 Å². The van der Waals surface area contributed by atoms with Gasteiger partial charge in [-0.15, -0.1) is 0 Å². The first-order valence-electron chi connectivity index (χ1n) is 6.52. The van der Waals surface area contributed by atoms with Crippen molar-refractivity contribution in [1.29, 1.82) is 0 Å². The summed E-state index contributed by atoms with van der Waals surface area (Å²) in [4.78, 5) is 4.30. The number of hydrogen-bond donors (Lipinski definition) is 1. The minimum Gasteiger partial charge on any atom is -0.335 e. The highest BCUT2D eigenvalue weighted by molar-refractivity contribution is 5.77. The molecule has 1 aromatic carbocycles. The lowest BCUT2D eigenvalue weighted by Gasteiger charge is -2.04. The molecule has 0 saturated heterocycles. The maximum Gasteiger partial charge on any atom is 0.250 e. The van der Waals surface area contributed by atoms with Crippen molar-refractivity contribution in [1.82, 2.24) is 15.5 Å². The Morgan fingerprint density at radius 2 is 2.30 bits per heavy atom. The fraction of sp³-hybridized carbons (Fsp3) is 0.333. The van der Waals surface area contributed by atoms with Gasteiger partial charge in [0.1, 0.15) is 5.82 Å². The van der Waals surface area contributed by atoms with E-state index in [-0.39, 0.29) is 11.9 Å². The highest BCUT2D eigenvalue weighted by Crippen LogP contribution is 2.17. The molecule has 1 aromatic heterocycles. The molecule has 0 spiro atoms. The molecule has 0 aliphatic rings. The molecule has 5 heteroatoms. The molecule has 106 valence electrons. The van der Waals surface area contributed by atoms with Gasteiger partial charge in [-0.2, -0.15) is 4.98 Å². The quantitative estimate of drug-likeness (QED) is 0.911. The standard InChI is InChI=1S/C15H18FN3O/c1-10(12-5-4-6-13(16)9-12)7-15-18-14(19-20-15)8-11(2)17-3/h4-7,9,11,17H,8H2,1-3H3/b10-7-. The summed E-state index contributed by atoms with van der Waals surface area (Å²) in [5, 5.41) is 7.04. The second-order valence-corrected chi connectivity index (χ2v) is 4.78. The fourth-order valence-electron chi connectivity index (χ4n) is 1.79. The van der Waals surface area contributed by atoms with E-state index in [9.17, 15) is 4.39 Å². The van der Waals surface area contributed by atoms with Gasteiger partial charge in [0.15, 0.2) is 5.82 Å². The number of halogens is 1. The van der Waals surface area contributed by atoms with Gasteiger partial charge in [-0.05, 0) is 44.2 Å². The van der Waals surface area contributed by atoms with Crippen molar-refractivity contribution in [3.63, 3.8) is 0 Å². The number of nitrogens with zero attached hydrogens (tertiary/aromatic N) is 2. The first kappa shape index (κ1) is 14.4. The lowest BCUT2D eigenvalue weighted by atomic mass is 10.1. The van der Waals surface area contributed by atoms with Crippen molar-refractivity contribution < 1.29 is 8.91 Å². The molecule has 0 amide bonds. The van der Waals surface area contributed by atoms with Crippen LogP contribution in [-0.2, 0) is 6.42 Å². The molecule has 4 nitrogen and oxygen atoms in total. The molecule has 2 rings (SSSR count). The Labute approximate surface area is 117 Å². The van der Waals surface area contributed by atoms with Crippen molar-refractivity contribution >= 4 is 11.6 Å². The second-order valence-electron chi connectivity index (χ2n) is 4.78. The monoisotopic (exact) mass is 275 g/mol. The van der Waals surface area contributed by atoms with E-state index in [1.165, 1.54) is 12.1 Å². The molecule has 0 saturated carbocycles. The van der Waals surface area contributed by atoms with Gasteiger partial charge in [0.2, 0.25) is 0 Å². The van der Waals surface area contributed by atoms with E-state index < -0.39 is 0 Å². The summed E-state index contributed by atoms with van der Waals surface area (Å²) in [5.41, 5.74) is 1.68. The molecule has 1 heterocycles. The highest BCUT2D eigenvalue weighted by Gasteiger charge is 2.08. The molecule has 0 radical (unpaired) electrons. The maximum atomic E-state index is 13.2. The molecule has 0 bridgehead atoms. The average molecular weight is 275 g/mol. The summed E-state index contributed by atoms with van der Waals surface area (Å²) < 4.78 is 18.3. The normalized spacial score (nSPS) is 13.5. The fourth-order valence-corrected chi connectivity index (χ4v) is 1.79. The van der Waals surface area contributed by atoms with Gasteiger partial charge in [0, 0.05) is 18.5 Å². The predicted molar refractivity (Wildman–Crippen MR) is 76.5 cm³/mol. The Bertz CT molecular complexity index is 607. The first-order chi connectivity index (χ1) is 9.58. The lowest BCUT2D eigenvalue weighted by Crippen LogP contribution is -2.24. The first-order valence-corrected chi connectivity index (χ1v) is 6.52. The Morgan fingerprint density at radius 1 is 1.50 bits per heavy atom. The predicted octanol–water partition coefficient (Wildman–Crippen LogP) is 2.92. The van der Waals surface area contributed by atoms with Gasteiger partial charge in [0.25, 0.3) is 5.89 Å². The topological polar surface area (TPSA) is 51.0 Å². The molecular weight excluding hydrogens is 257 g/mol. The van der Waals surface area contributed by atoms with E-state index in [0.717, 1.165) is 11.1 Å². The summed E-state index contributed by atoms with van der Waals surface area (Å²) in [5.74, 6) is 0.833. The Hall–Kier alpha value is -2.01. The second kappa shape index (κ2) is 6.43. The van der Waals surface area contributed by atoms with Gasteiger partial charge in [-0.1, -0.05) is 17.3 Å². The van der Waals surface area contributed by atoms with Gasteiger partial charge in [-0.3, -0.25) is 0 Å². The van der Waals surface area contributed by atoms with Crippen molar-refractivity contribution in [2.45, 2.75) is 26.3 Å². The summed E-state index contributed by atoms with van der Waals surface area (Å²) in [6.45, 7) is 3.93. The van der Waals surface area contributed by atoms with Crippen LogP contribution in [0.2, 0.25) is 0 Å². The molecule has 2 aromatic rings. The highest BCUT2D eigenvalue weighted by atomic mass is 19.1. The Morgan fingerprint density at radius 3 is 3.00 bits per heavy atom. The number of hydrogen-bond acceptors (Lipinski definition) is 4. The summed E-state index contributed by atoms with van der Waals surface area (Å²) >= 11 is 0. The van der Waals surface area contributed by atoms with Crippen molar-refractivity contribution in [3.05, 3.63) is 47.4 Å². The van der Waals surface area contributed by atoms with Gasteiger partial charge >= 0.3 is 0 Å². The molecule has 0 fully saturated rings. The molecule has 1 atom stereocenters. The third-order valence-electron chi connectivity index (χ3n) is 3.09. The smallest absolute Gasteiger partial charge is 0.250 e. The van der Waals surface area contributed by atoms with E-state index in [1.807, 2.05) is 27.0 Å². The molecule has 0 aliphatic heterocycles. The summed E-state index contributed by atoms with van der Waals surface area (Å²) in [7, 11) is 1.89. The Kier molecular flexibility index (Phi) is 4.63. The third-order valence-corrected chi connectivity index (χ3v) is 3.09. The van der Waals surface area contributed by atoms with Crippen LogP contribution in [0.4, 0.5) is 4.39 Å². The number of allylic oxidation sites excluding steroid dienone is 1. The van der Waals surface area contributed by atoms with Crippen molar-refractivity contribution in [2.75, 3.05) is 7.05 Å². The molecule has 1 N–H and O–H groups in total. The SMILES string of the molecule is CNC(C)Cc1noc(/C=C(/C)c2cccc(F)c2)n1. The van der Waals surface area contributed by atoms with E-state index in [0.29, 0.717) is 18.1 Å². The number of nitrogens with one attached hydrogen (secondary N) is 1. The van der Waals surface area contributed by atoms with E-state index >= 15 is 0 Å². The summed E-state index contributed by atoms with van der Waals surface area (Å²) in [6, 6.07) is 6.70. The minimum atomic E-state index is -0.260. The Balaban J connectivity index is 2.14. The van der Waals surface area contributed by atoms with Crippen LogP contribution in [0.5, 0.6) is 0 Å². The van der Waals surface area contributed by atoms with Crippen LogP contribution in [-0.4, -0.2) is 23.2 Å². The van der Waals surface area contributed by atoms with Crippen LogP contribution in [0.3, 0.4) is 0 Å². The number of aromatic nitrogens is 2. The molecule has 20 heavy (non-hydrogen) atoms. The number of benzene rings is 1. The van der Waals surface area contributed by atoms with Crippen molar-refractivity contribution in [3.8, 4) is 0 Å². The van der Waals surface area contributed by atoms with Crippen LogP contribution in [0.15, 0.2) is 28.8 Å². The zero-order valence-electron chi connectivity index (χ0n) is 11.9. The third kappa shape index (κ3) is 3.74. The zero-order chi connectivity index (χ0) is 14.5. The number of likely N-dealkylation sites (N-methyl/N-ethyl adjacent to an activating group) is 1.